The molecule has 0 saturated heterocycles. The monoisotopic (exact) mass is 342 g/mol. The zero-order valence-corrected chi connectivity index (χ0v) is 11.4. The molecule has 0 aliphatic carbocycles. The lowest BCUT2D eigenvalue weighted by Crippen LogP contribution is -2.13. The van der Waals surface area contributed by atoms with E-state index < -0.39 is 44.5 Å². The van der Waals surface area contributed by atoms with Crippen LogP contribution in [0.4, 0.5) is 8.78 Å². The molecule has 0 amide bonds. The summed E-state index contributed by atoms with van der Waals surface area (Å²) in [6.07, 6.45) is -0.267. The van der Waals surface area contributed by atoms with Crippen LogP contribution in [0.5, 0.6) is 0 Å². The van der Waals surface area contributed by atoms with Crippen LogP contribution in [0.15, 0.2) is 21.5 Å². The lowest BCUT2D eigenvalue weighted by Gasteiger charge is -2.07. The number of aromatic carboxylic acids is 1. The molecular weight excluding hydrogens is 334 g/mol. The maximum absolute atomic E-state index is 13.8. The van der Waals surface area contributed by atoms with Crippen LogP contribution in [0.1, 0.15) is 16.8 Å². The van der Waals surface area contributed by atoms with Gasteiger partial charge in [0.25, 0.3) is 0 Å². The van der Waals surface area contributed by atoms with Crippen LogP contribution in [-0.4, -0.2) is 31.9 Å². The summed E-state index contributed by atoms with van der Waals surface area (Å²) in [6, 6.07) is 1.93. The van der Waals surface area contributed by atoms with Gasteiger partial charge in [0.05, 0.1) is 18.0 Å². The van der Waals surface area contributed by atoms with Crippen molar-refractivity contribution in [2.75, 3.05) is 12.4 Å². The molecule has 0 radical (unpaired) electrons. The zero-order chi connectivity index (χ0) is 13.9. The molecule has 0 unspecified atom stereocenters. The third kappa shape index (κ3) is 3.26. The number of halogens is 3. The predicted octanol–water partition coefficient (Wildman–Crippen LogP) is 2.42. The summed E-state index contributed by atoms with van der Waals surface area (Å²) in [6.45, 7) is -0.847. The summed E-state index contributed by atoms with van der Waals surface area (Å²) in [5.41, 5.74) is -0.747. The van der Waals surface area contributed by atoms with E-state index in [0.29, 0.717) is 0 Å². The van der Waals surface area contributed by atoms with Crippen LogP contribution in [0.3, 0.4) is 0 Å². The second-order valence-corrected chi connectivity index (χ2v) is 6.43. The zero-order valence-electron chi connectivity index (χ0n) is 8.99. The maximum atomic E-state index is 13.8. The topological polar surface area (TPSA) is 71.4 Å². The Labute approximate surface area is 111 Å². The molecule has 4 nitrogen and oxygen atoms in total. The van der Waals surface area contributed by atoms with Crippen molar-refractivity contribution in [3.63, 3.8) is 0 Å². The highest BCUT2D eigenvalue weighted by Crippen LogP contribution is 2.25. The number of sulfone groups is 1. The predicted molar refractivity (Wildman–Crippen MR) is 63.7 cm³/mol. The number of carboxylic acids is 1. The summed E-state index contributed by atoms with van der Waals surface area (Å²) in [5, 5.41) is 8.74. The van der Waals surface area contributed by atoms with Gasteiger partial charge in [-0.05, 0) is 18.6 Å². The molecule has 0 saturated carbocycles. The summed E-state index contributed by atoms with van der Waals surface area (Å²) in [4.78, 5) is 10.0. The highest BCUT2D eigenvalue weighted by molar-refractivity contribution is 9.10. The molecule has 0 aromatic heterocycles. The number of hydrogen-bond acceptors (Lipinski definition) is 3. The summed E-state index contributed by atoms with van der Waals surface area (Å²) in [7, 11) is -4.04. The largest absolute Gasteiger partial charge is 0.478 e. The average molecular weight is 343 g/mol. The Balaban J connectivity index is 3.37. The fraction of sp³-hybridized carbons (Fsp3) is 0.300. The third-order valence-corrected chi connectivity index (χ3v) is 4.37. The lowest BCUT2D eigenvalue weighted by atomic mass is 10.2. The Morgan fingerprint density at radius 2 is 2.00 bits per heavy atom. The van der Waals surface area contributed by atoms with Gasteiger partial charge in [0.1, 0.15) is 4.90 Å². The minimum absolute atomic E-state index is 0.125. The van der Waals surface area contributed by atoms with Crippen molar-refractivity contribution in [3.8, 4) is 0 Å². The first-order valence-electron chi connectivity index (χ1n) is 4.80. The van der Waals surface area contributed by atoms with Gasteiger partial charge in [0.15, 0.2) is 15.7 Å². The number of hydrogen-bond donors (Lipinski definition) is 1. The van der Waals surface area contributed by atoms with Crippen LogP contribution >= 0.6 is 15.9 Å². The Morgan fingerprint density at radius 3 is 2.50 bits per heavy atom. The van der Waals surface area contributed by atoms with Crippen molar-refractivity contribution < 1.29 is 27.1 Å². The van der Waals surface area contributed by atoms with Gasteiger partial charge >= 0.3 is 5.97 Å². The van der Waals surface area contributed by atoms with E-state index in [1.807, 2.05) is 0 Å². The molecule has 100 valence electrons. The normalized spacial score (nSPS) is 11.5. The van der Waals surface area contributed by atoms with Crippen molar-refractivity contribution in [1.29, 1.82) is 0 Å². The molecule has 8 heteroatoms. The molecule has 0 fully saturated rings. The van der Waals surface area contributed by atoms with Crippen molar-refractivity contribution in [3.05, 3.63) is 28.0 Å². The smallest absolute Gasteiger partial charge is 0.338 e. The number of benzene rings is 1. The number of alkyl halides is 1. The van der Waals surface area contributed by atoms with E-state index in [4.69, 9.17) is 5.11 Å². The second kappa shape index (κ2) is 5.75. The first-order chi connectivity index (χ1) is 8.29. The number of carboxylic acid groups (broad SMARTS) is 1. The number of carbonyl (C=O) groups is 1. The molecule has 1 rings (SSSR count). The van der Waals surface area contributed by atoms with Crippen LogP contribution in [0, 0.1) is 5.82 Å². The highest BCUT2D eigenvalue weighted by Gasteiger charge is 2.24. The minimum Gasteiger partial charge on any atom is -0.478 e. The summed E-state index contributed by atoms with van der Waals surface area (Å²) >= 11 is 2.91. The Morgan fingerprint density at radius 1 is 1.39 bits per heavy atom. The van der Waals surface area contributed by atoms with E-state index in [1.54, 1.807) is 0 Å². The molecule has 0 aliphatic heterocycles. The van der Waals surface area contributed by atoms with Gasteiger partial charge in [-0.1, -0.05) is 15.9 Å². The van der Waals surface area contributed by atoms with Crippen molar-refractivity contribution in [1.82, 2.24) is 0 Å². The molecule has 1 aromatic rings. The molecule has 0 heterocycles. The Bertz CT molecular complexity index is 571. The summed E-state index contributed by atoms with van der Waals surface area (Å²) < 4.78 is 49.3. The highest BCUT2D eigenvalue weighted by atomic mass is 79.9. The molecule has 0 aliphatic rings. The average Bonchev–Trinajstić information content (AvgIpc) is 2.28. The minimum atomic E-state index is -4.04. The Kier molecular flexibility index (Phi) is 4.80. The van der Waals surface area contributed by atoms with E-state index in [0.717, 1.165) is 12.1 Å². The van der Waals surface area contributed by atoms with Gasteiger partial charge in [0.2, 0.25) is 0 Å². The maximum Gasteiger partial charge on any atom is 0.338 e. The van der Waals surface area contributed by atoms with Gasteiger partial charge in [0, 0.05) is 4.47 Å². The van der Waals surface area contributed by atoms with Crippen LogP contribution in [0.25, 0.3) is 0 Å². The van der Waals surface area contributed by atoms with Gasteiger partial charge in [-0.3, -0.25) is 4.39 Å². The quantitative estimate of drug-likeness (QED) is 0.891. The van der Waals surface area contributed by atoms with E-state index in [-0.39, 0.29) is 10.9 Å². The van der Waals surface area contributed by atoms with E-state index >= 15 is 0 Å². The Hall–Kier alpha value is -1.02. The van der Waals surface area contributed by atoms with Crippen molar-refractivity contribution >= 4 is 31.7 Å². The van der Waals surface area contributed by atoms with Crippen molar-refractivity contribution in [2.24, 2.45) is 0 Å². The van der Waals surface area contributed by atoms with Crippen LogP contribution in [-0.2, 0) is 9.84 Å². The molecule has 1 aromatic carbocycles. The lowest BCUT2D eigenvalue weighted by molar-refractivity contribution is 0.0691. The van der Waals surface area contributed by atoms with E-state index in [9.17, 15) is 22.0 Å². The molecule has 0 spiro atoms. The van der Waals surface area contributed by atoms with Crippen LogP contribution in [0.2, 0.25) is 0 Å². The van der Waals surface area contributed by atoms with Crippen molar-refractivity contribution in [2.45, 2.75) is 11.3 Å². The van der Waals surface area contributed by atoms with Gasteiger partial charge in [-0.25, -0.2) is 17.6 Å². The summed E-state index contributed by atoms with van der Waals surface area (Å²) in [5.74, 6) is -3.48. The van der Waals surface area contributed by atoms with E-state index in [2.05, 4.69) is 15.9 Å². The van der Waals surface area contributed by atoms with E-state index in [1.165, 1.54) is 0 Å². The van der Waals surface area contributed by atoms with Gasteiger partial charge in [-0.2, -0.15) is 0 Å². The third-order valence-electron chi connectivity index (χ3n) is 2.12. The first-order valence-corrected chi connectivity index (χ1v) is 7.25. The molecule has 18 heavy (non-hydrogen) atoms. The molecule has 1 N–H and O–H groups in total. The van der Waals surface area contributed by atoms with Gasteiger partial charge < -0.3 is 5.11 Å². The molecule has 0 bridgehead atoms. The standard InChI is InChI=1S/C10H9BrF2O4S/c11-6-4-7(10(14)15)9(13)8(5-6)18(16,17)3-1-2-12/h4-5H,1-3H2,(H,14,15). The first kappa shape index (κ1) is 15.0. The number of rotatable bonds is 5. The van der Waals surface area contributed by atoms with Gasteiger partial charge in [-0.15, -0.1) is 0 Å². The fourth-order valence-electron chi connectivity index (χ4n) is 1.30. The SMILES string of the molecule is O=C(O)c1cc(Br)cc(S(=O)(=O)CCCF)c1F. The molecule has 0 atom stereocenters. The fourth-order valence-corrected chi connectivity index (χ4v) is 3.31. The second-order valence-electron chi connectivity index (χ2n) is 3.43. The van der Waals surface area contributed by atoms with Crippen LogP contribution < -0.4 is 0 Å². The molecular formula is C10H9BrF2O4S.